The second-order valence-electron chi connectivity index (χ2n) is 2.80. The van der Waals surface area contributed by atoms with Gasteiger partial charge in [-0.25, -0.2) is 13.4 Å². The van der Waals surface area contributed by atoms with Gasteiger partial charge in [-0.2, -0.15) is 0 Å². The molecular weight excluding hydrogens is 325 g/mol. The van der Waals surface area contributed by atoms with Gasteiger partial charge in [-0.3, -0.25) is 0 Å². The van der Waals surface area contributed by atoms with Gasteiger partial charge < -0.3 is 0 Å². The summed E-state index contributed by atoms with van der Waals surface area (Å²) < 4.78 is 24.0. The van der Waals surface area contributed by atoms with E-state index in [1.807, 2.05) is 0 Å². The summed E-state index contributed by atoms with van der Waals surface area (Å²) in [4.78, 5) is 3.79. The molecule has 0 radical (unpaired) electrons. The maximum atomic E-state index is 11.7. The molecule has 0 atom stereocenters. The van der Waals surface area contributed by atoms with Crippen molar-refractivity contribution in [2.24, 2.45) is 0 Å². The van der Waals surface area contributed by atoms with Gasteiger partial charge in [0.2, 0.25) is 0 Å². The van der Waals surface area contributed by atoms with Gasteiger partial charge in [-0.05, 0) is 28.4 Å². The van der Waals surface area contributed by atoms with Crippen LogP contribution < -0.4 is 0 Å². The molecule has 1 aromatic rings. The molecule has 0 aromatic carbocycles. The van der Waals surface area contributed by atoms with Crippen LogP contribution in [0.4, 0.5) is 0 Å². The lowest BCUT2D eigenvalue weighted by molar-refractivity contribution is 0.591. The summed E-state index contributed by atoms with van der Waals surface area (Å²) in [7, 11) is -3.42. The van der Waals surface area contributed by atoms with Crippen LogP contribution in [-0.2, 0) is 9.84 Å². The Kier molecular flexibility index (Phi) is 4.83. The summed E-state index contributed by atoms with van der Waals surface area (Å²) in [6.07, 6.45) is 1.79. The van der Waals surface area contributed by atoms with E-state index in [-0.39, 0.29) is 15.8 Å². The topological polar surface area (TPSA) is 47.0 Å². The first-order chi connectivity index (χ1) is 6.97. The van der Waals surface area contributed by atoms with Crippen molar-refractivity contribution in [2.75, 3.05) is 11.6 Å². The number of hydrogen-bond acceptors (Lipinski definition) is 3. The zero-order valence-electron chi connectivity index (χ0n) is 7.58. The first-order valence-corrected chi connectivity index (χ1v) is 7.43. The van der Waals surface area contributed by atoms with Gasteiger partial charge in [0.25, 0.3) is 0 Å². The van der Waals surface area contributed by atoms with E-state index in [2.05, 4.69) is 20.9 Å². The monoisotopic (exact) mass is 331 g/mol. The molecule has 1 rings (SSSR count). The fourth-order valence-electron chi connectivity index (χ4n) is 0.972. The molecule has 15 heavy (non-hydrogen) atoms. The largest absolute Gasteiger partial charge is 0.242 e. The molecule has 0 spiro atoms. The normalized spacial score (nSPS) is 11.7. The number of rotatable bonds is 4. The van der Waals surface area contributed by atoms with Crippen molar-refractivity contribution in [1.82, 2.24) is 4.98 Å². The Morgan fingerprint density at radius 2 is 2.13 bits per heavy atom. The van der Waals surface area contributed by atoms with E-state index in [0.29, 0.717) is 16.8 Å². The number of pyridine rings is 1. The average molecular weight is 333 g/mol. The smallest absolute Gasteiger partial charge is 0.197 e. The molecule has 0 aliphatic rings. The number of sulfone groups is 1. The maximum Gasteiger partial charge on any atom is 0.197 e. The van der Waals surface area contributed by atoms with E-state index in [4.69, 9.17) is 23.2 Å². The summed E-state index contributed by atoms with van der Waals surface area (Å²) in [6.45, 7) is 0. The van der Waals surface area contributed by atoms with Crippen LogP contribution in [0.1, 0.15) is 6.42 Å². The van der Waals surface area contributed by atoms with Crippen molar-refractivity contribution in [1.29, 1.82) is 0 Å². The molecule has 0 saturated carbocycles. The van der Waals surface area contributed by atoms with Crippen molar-refractivity contribution in [3.05, 3.63) is 21.8 Å². The second kappa shape index (κ2) is 5.48. The lowest BCUT2D eigenvalue weighted by Crippen LogP contribution is -2.09. The van der Waals surface area contributed by atoms with Crippen molar-refractivity contribution in [3.8, 4) is 0 Å². The highest BCUT2D eigenvalue weighted by Crippen LogP contribution is 2.23. The summed E-state index contributed by atoms with van der Waals surface area (Å²) in [5.74, 6) is 0.262. The molecule has 0 fully saturated rings. The van der Waals surface area contributed by atoms with E-state index >= 15 is 0 Å². The molecule has 84 valence electrons. The molecule has 0 aliphatic carbocycles. The van der Waals surface area contributed by atoms with E-state index in [1.54, 1.807) is 0 Å². The minimum absolute atomic E-state index is 0.0369. The highest BCUT2D eigenvalue weighted by atomic mass is 79.9. The van der Waals surface area contributed by atoms with Crippen LogP contribution in [0, 0.1) is 0 Å². The molecule has 1 heterocycles. The Morgan fingerprint density at radius 3 is 2.67 bits per heavy atom. The molecule has 0 unspecified atom stereocenters. The Balaban J connectivity index is 3.05. The summed E-state index contributed by atoms with van der Waals surface area (Å²) in [6, 6.07) is 1.50. The molecule has 7 heteroatoms. The maximum absolute atomic E-state index is 11.7. The van der Waals surface area contributed by atoms with Crippen LogP contribution in [0.25, 0.3) is 0 Å². The third-order valence-corrected chi connectivity index (χ3v) is 4.46. The Labute approximate surface area is 107 Å². The van der Waals surface area contributed by atoms with Crippen molar-refractivity contribution < 1.29 is 8.42 Å². The van der Waals surface area contributed by atoms with Crippen LogP contribution in [0.15, 0.2) is 21.8 Å². The predicted octanol–water partition coefficient (Wildman–Crippen LogP) is 2.90. The molecule has 3 nitrogen and oxygen atoms in total. The Morgan fingerprint density at radius 1 is 1.47 bits per heavy atom. The summed E-state index contributed by atoms with van der Waals surface area (Å²) in [5, 5.41) is 0.0384. The third kappa shape index (κ3) is 3.59. The highest BCUT2D eigenvalue weighted by Gasteiger charge is 2.19. The van der Waals surface area contributed by atoms with Crippen molar-refractivity contribution in [2.45, 2.75) is 11.4 Å². The van der Waals surface area contributed by atoms with Gasteiger partial charge in [0, 0.05) is 16.5 Å². The van der Waals surface area contributed by atoms with Crippen LogP contribution in [0.3, 0.4) is 0 Å². The number of aromatic nitrogens is 1. The first-order valence-electron chi connectivity index (χ1n) is 4.07. The fourth-order valence-corrected chi connectivity index (χ4v) is 3.53. The average Bonchev–Trinajstić information content (AvgIpc) is 2.14. The lowest BCUT2D eigenvalue weighted by atomic mass is 10.5. The third-order valence-electron chi connectivity index (χ3n) is 1.62. The van der Waals surface area contributed by atoms with Gasteiger partial charge in [0.05, 0.1) is 10.8 Å². The number of nitrogens with zero attached hydrogens (tertiary/aromatic N) is 1. The van der Waals surface area contributed by atoms with Crippen LogP contribution in [-0.4, -0.2) is 25.0 Å². The SMILES string of the molecule is O=S(=O)(CCCCl)c1ncc(Br)cc1Cl. The second-order valence-corrected chi connectivity index (χ2v) is 6.53. The molecule has 0 N–H and O–H groups in total. The van der Waals surface area contributed by atoms with Crippen LogP contribution in [0.2, 0.25) is 5.02 Å². The van der Waals surface area contributed by atoms with Gasteiger partial charge in [0.1, 0.15) is 0 Å². The molecule has 0 bridgehead atoms. The van der Waals surface area contributed by atoms with Gasteiger partial charge in [-0.15, -0.1) is 11.6 Å². The summed E-state index contributed by atoms with van der Waals surface area (Å²) in [5.41, 5.74) is 0. The standard InChI is InChI=1S/C8H8BrCl2NO2S/c9-6-4-7(11)8(12-5-6)15(13,14)3-1-2-10/h4-5H,1-3H2. The van der Waals surface area contributed by atoms with Gasteiger partial charge in [-0.1, -0.05) is 11.6 Å². The van der Waals surface area contributed by atoms with E-state index in [0.717, 1.165) is 0 Å². The molecule has 0 amide bonds. The number of halogens is 3. The lowest BCUT2D eigenvalue weighted by Gasteiger charge is -2.04. The highest BCUT2D eigenvalue weighted by molar-refractivity contribution is 9.10. The number of hydrogen-bond donors (Lipinski definition) is 0. The fraction of sp³-hybridized carbons (Fsp3) is 0.375. The first kappa shape index (κ1) is 13.2. The van der Waals surface area contributed by atoms with E-state index in [9.17, 15) is 8.42 Å². The minimum Gasteiger partial charge on any atom is -0.242 e. The molecular formula is C8H8BrCl2NO2S. The van der Waals surface area contributed by atoms with E-state index < -0.39 is 9.84 Å². The molecule has 1 aromatic heterocycles. The van der Waals surface area contributed by atoms with Gasteiger partial charge >= 0.3 is 0 Å². The zero-order valence-corrected chi connectivity index (χ0v) is 11.5. The van der Waals surface area contributed by atoms with Crippen molar-refractivity contribution in [3.63, 3.8) is 0 Å². The van der Waals surface area contributed by atoms with Crippen LogP contribution >= 0.6 is 39.1 Å². The molecule has 0 aliphatic heterocycles. The quantitative estimate of drug-likeness (QED) is 0.796. The van der Waals surface area contributed by atoms with Crippen molar-refractivity contribution >= 4 is 49.0 Å². The Bertz CT molecular complexity index is 450. The minimum atomic E-state index is -3.42. The summed E-state index contributed by atoms with van der Waals surface area (Å²) >= 11 is 14.4. The van der Waals surface area contributed by atoms with E-state index in [1.165, 1.54) is 12.3 Å². The van der Waals surface area contributed by atoms with Gasteiger partial charge in [0.15, 0.2) is 14.9 Å². The Hall–Kier alpha value is 0.160. The van der Waals surface area contributed by atoms with Crippen LogP contribution in [0.5, 0.6) is 0 Å². The zero-order chi connectivity index (χ0) is 11.5. The molecule has 0 saturated heterocycles. The predicted molar refractivity (Wildman–Crippen MR) is 64.3 cm³/mol. The number of alkyl halides is 1.